The molecule has 0 aliphatic carbocycles. The van der Waals surface area contributed by atoms with E-state index in [1.54, 1.807) is 0 Å². The summed E-state index contributed by atoms with van der Waals surface area (Å²) in [5.74, 6) is -0.00979. The number of nitrogens with zero attached hydrogens (tertiary/aromatic N) is 2. The number of rotatable bonds is 4. The fourth-order valence-corrected chi connectivity index (χ4v) is 4.34. The van der Waals surface area contributed by atoms with Crippen LogP contribution in [0.25, 0.3) is 11.0 Å². The van der Waals surface area contributed by atoms with E-state index in [4.69, 9.17) is 9.26 Å². The van der Waals surface area contributed by atoms with Crippen LogP contribution in [0.2, 0.25) is 0 Å². The van der Waals surface area contributed by atoms with Crippen LogP contribution in [0.4, 0.5) is 0 Å². The van der Waals surface area contributed by atoms with E-state index in [2.05, 4.69) is 27.5 Å². The summed E-state index contributed by atoms with van der Waals surface area (Å²) in [6.07, 6.45) is 1.27. The molecule has 2 aliphatic rings. The third-order valence-electron chi connectivity index (χ3n) is 5.73. The first-order valence-electron chi connectivity index (χ1n) is 9.79. The number of carbonyl (C=O) groups is 1. The molecule has 0 bridgehead atoms. The quantitative estimate of drug-likeness (QED) is 0.757. The Morgan fingerprint density at radius 1 is 1.11 bits per heavy atom. The van der Waals surface area contributed by atoms with E-state index >= 15 is 0 Å². The molecule has 6 heteroatoms. The van der Waals surface area contributed by atoms with Crippen molar-refractivity contribution in [1.82, 2.24) is 15.4 Å². The highest BCUT2D eigenvalue weighted by molar-refractivity contribution is 5.86. The molecule has 1 amide bonds. The molecule has 1 aromatic heterocycles. The zero-order valence-corrected chi connectivity index (χ0v) is 15.6. The maximum atomic E-state index is 12.6. The number of para-hydroxylation sites is 1. The minimum Gasteiger partial charge on any atom is -0.371 e. The lowest BCUT2D eigenvalue weighted by atomic mass is 10.1. The second-order valence-electron chi connectivity index (χ2n) is 7.64. The lowest BCUT2D eigenvalue weighted by Crippen LogP contribution is -2.43. The molecule has 3 heterocycles. The molecular formula is C22H23N3O3. The van der Waals surface area contributed by atoms with Crippen molar-refractivity contribution in [1.29, 1.82) is 0 Å². The Morgan fingerprint density at radius 3 is 2.82 bits per heavy atom. The van der Waals surface area contributed by atoms with E-state index in [9.17, 15) is 4.79 Å². The molecule has 3 aromatic rings. The second kappa shape index (κ2) is 7.37. The summed E-state index contributed by atoms with van der Waals surface area (Å²) >= 11 is 0. The molecular weight excluding hydrogens is 354 g/mol. The maximum absolute atomic E-state index is 12.6. The SMILES string of the molecule is O=C(Cc1noc2ccccc12)N[C@H]1C[C@H]2CO[C@@H](c3ccccc3)CN2C1. The number of fused-ring (bicyclic) bond motifs is 2. The third kappa shape index (κ3) is 3.41. The third-order valence-corrected chi connectivity index (χ3v) is 5.73. The van der Waals surface area contributed by atoms with Crippen LogP contribution in [0.1, 0.15) is 23.8 Å². The van der Waals surface area contributed by atoms with Gasteiger partial charge in [0.25, 0.3) is 0 Å². The summed E-state index contributed by atoms with van der Waals surface area (Å²) in [4.78, 5) is 15.0. The van der Waals surface area contributed by atoms with Gasteiger partial charge in [-0.2, -0.15) is 0 Å². The molecule has 0 radical (unpaired) electrons. The first-order valence-corrected chi connectivity index (χ1v) is 9.79. The van der Waals surface area contributed by atoms with Gasteiger partial charge in [-0.1, -0.05) is 47.6 Å². The number of morpholine rings is 1. The van der Waals surface area contributed by atoms with Gasteiger partial charge in [0.15, 0.2) is 5.58 Å². The predicted octanol–water partition coefficient (Wildman–Crippen LogP) is 2.70. The van der Waals surface area contributed by atoms with Crippen molar-refractivity contribution < 1.29 is 14.1 Å². The Hall–Kier alpha value is -2.70. The standard InChI is InChI=1S/C22H23N3O3/c26-22(11-19-18-8-4-5-9-20(18)28-24-19)23-16-10-17-14-27-21(13-25(17)12-16)15-6-2-1-3-7-15/h1-9,16-17,21H,10-14H2,(H,23,26)/t16-,17-,21+/m0/s1. The highest BCUT2D eigenvalue weighted by atomic mass is 16.5. The van der Waals surface area contributed by atoms with Crippen molar-refractivity contribution in [2.45, 2.75) is 31.0 Å². The number of amides is 1. The molecule has 5 rings (SSSR count). The second-order valence-corrected chi connectivity index (χ2v) is 7.64. The number of ether oxygens (including phenoxy) is 1. The summed E-state index contributed by atoms with van der Waals surface area (Å²) in [6, 6.07) is 18.5. The number of nitrogens with one attached hydrogen (secondary N) is 1. The summed E-state index contributed by atoms with van der Waals surface area (Å²) in [6.45, 7) is 2.44. The lowest BCUT2D eigenvalue weighted by molar-refractivity contribution is -0.121. The maximum Gasteiger partial charge on any atom is 0.226 e. The van der Waals surface area contributed by atoms with Gasteiger partial charge in [0.05, 0.1) is 19.1 Å². The van der Waals surface area contributed by atoms with Crippen LogP contribution in [0.15, 0.2) is 59.1 Å². The van der Waals surface area contributed by atoms with E-state index in [1.807, 2.05) is 42.5 Å². The average molecular weight is 377 g/mol. The molecule has 0 spiro atoms. The molecule has 144 valence electrons. The minimum atomic E-state index is -0.00979. The van der Waals surface area contributed by atoms with E-state index in [0.29, 0.717) is 23.9 Å². The van der Waals surface area contributed by atoms with Crippen molar-refractivity contribution in [2.75, 3.05) is 19.7 Å². The van der Waals surface area contributed by atoms with Gasteiger partial charge in [-0.15, -0.1) is 0 Å². The Morgan fingerprint density at radius 2 is 1.93 bits per heavy atom. The largest absolute Gasteiger partial charge is 0.371 e. The van der Waals surface area contributed by atoms with Crippen molar-refractivity contribution >= 4 is 16.9 Å². The van der Waals surface area contributed by atoms with Gasteiger partial charge in [-0.3, -0.25) is 9.69 Å². The molecule has 2 saturated heterocycles. The molecule has 2 aliphatic heterocycles. The Labute approximate surface area is 163 Å². The van der Waals surface area contributed by atoms with Gasteiger partial charge in [0.1, 0.15) is 5.69 Å². The van der Waals surface area contributed by atoms with Crippen LogP contribution in [0, 0.1) is 0 Å². The van der Waals surface area contributed by atoms with Crippen LogP contribution >= 0.6 is 0 Å². The smallest absolute Gasteiger partial charge is 0.226 e. The van der Waals surface area contributed by atoms with Crippen LogP contribution in [-0.2, 0) is 16.0 Å². The lowest BCUT2D eigenvalue weighted by Gasteiger charge is -2.35. The number of benzene rings is 2. The van der Waals surface area contributed by atoms with Gasteiger partial charge in [0.2, 0.25) is 5.91 Å². The molecule has 2 aromatic carbocycles. The van der Waals surface area contributed by atoms with Crippen molar-refractivity contribution in [3.05, 3.63) is 65.9 Å². The number of aromatic nitrogens is 1. The van der Waals surface area contributed by atoms with Crippen molar-refractivity contribution in [3.63, 3.8) is 0 Å². The molecule has 28 heavy (non-hydrogen) atoms. The van der Waals surface area contributed by atoms with Crippen LogP contribution in [0.3, 0.4) is 0 Å². The van der Waals surface area contributed by atoms with Gasteiger partial charge in [0, 0.05) is 30.6 Å². The first-order chi connectivity index (χ1) is 13.8. The Balaban J connectivity index is 1.19. The molecule has 1 N–H and O–H groups in total. The molecule has 0 unspecified atom stereocenters. The summed E-state index contributed by atoms with van der Waals surface area (Å²) in [7, 11) is 0. The van der Waals surface area contributed by atoms with E-state index in [0.717, 1.165) is 24.9 Å². The summed E-state index contributed by atoms with van der Waals surface area (Å²) in [5, 5.41) is 8.14. The fraction of sp³-hybridized carbons (Fsp3) is 0.364. The van der Waals surface area contributed by atoms with Gasteiger partial charge in [-0.05, 0) is 24.1 Å². The Bertz CT molecular complexity index is 971. The first kappa shape index (κ1) is 17.4. The average Bonchev–Trinajstić information content (AvgIpc) is 3.31. The van der Waals surface area contributed by atoms with Crippen LogP contribution < -0.4 is 5.32 Å². The topological polar surface area (TPSA) is 67.6 Å². The minimum absolute atomic E-state index is 0.00979. The highest BCUT2D eigenvalue weighted by Gasteiger charge is 2.38. The van der Waals surface area contributed by atoms with Crippen molar-refractivity contribution in [2.24, 2.45) is 0 Å². The van der Waals surface area contributed by atoms with Gasteiger partial charge < -0.3 is 14.6 Å². The van der Waals surface area contributed by atoms with Gasteiger partial charge in [-0.25, -0.2) is 0 Å². The number of hydrogen-bond donors (Lipinski definition) is 1. The highest BCUT2D eigenvalue weighted by Crippen LogP contribution is 2.30. The van der Waals surface area contributed by atoms with Crippen LogP contribution in [0.5, 0.6) is 0 Å². The summed E-state index contributed by atoms with van der Waals surface area (Å²) in [5.41, 5.74) is 2.62. The van der Waals surface area contributed by atoms with E-state index in [-0.39, 0.29) is 24.5 Å². The normalized spacial score (nSPS) is 24.9. The predicted molar refractivity (Wildman–Crippen MR) is 105 cm³/mol. The van der Waals surface area contributed by atoms with Crippen LogP contribution in [-0.4, -0.2) is 47.7 Å². The molecule has 2 fully saturated rings. The molecule has 6 nitrogen and oxygen atoms in total. The number of hydrogen-bond acceptors (Lipinski definition) is 5. The number of carbonyl (C=O) groups excluding carboxylic acids is 1. The van der Waals surface area contributed by atoms with E-state index < -0.39 is 0 Å². The summed E-state index contributed by atoms with van der Waals surface area (Å²) < 4.78 is 11.4. The monoisotopic (exact) mass is 377 g/mol. The molecule has 0 saturated carbocycles. The van der Waals surface area contributed by atoms with Crippen molar-refractivity contribution in [3.8, 4) is 0 Å². The fourth-order valence-electron chi connectivity index (χ4n) is 4.34. The zero-order valence-electron chi connectivity index (χ0n) is 15.6. The van der Waals surface area contributed by atoms with Gasteiger partial charge >= 0.3 is 0 Å². The molecule has 3 atom stereocenters. The van der Waals surface area contributed by atoms with E-state index in [1.165, 1.54) is 5.56 Å². The zero-order chi connectivity index (χ0) is 18.9. The Kier molecular flexibility index (Phi) is 4.58.